The van der Waals surface area contributed by atoms with Crippen LogP contribution in [0.25, 0.3) is 0 Å². The van der Waals surface area contributed by atoms with E-state index in [1.807, 2.05) is 11.8 Å². The first-order chi connectivity index (χ1) is 8.54. The van der Waals surface area contributed by atoms with Crippen molar-refractivity contribution in [3.63, 3.8) is 0 Å². The first-order valence-electron chi connectivity index (χ1n) is 6.64. The summed E-state index contributed by atoms with van der Waals surface area (Å²) in [5.41, 5.74) is 5.44. The molecular weight excluding hydrogens is 250 g/mol. The number of nitrogens with two attached hydrogens (primary N) is 1. The van der Waals surface area contributed by atoms with Crippen LogP contribution in [0.1, 0.15) is 39.0 Å². The summed E-state index contributed by atoms with van der Waals surface area (Å²) in [6.45, 7) is 2.35. The minimum atomic E-state index is -0.768. The Labute approximate surface area is 114 Å². The Morgan fingerprint density at radius 3 is 3.00 bits per heavy atom. The molecule has 1 rings (SSSR count). The predicted molar refractivity (Wildman–Crippen MR) is 74.5 cm³/mol. The quantitative estimate of drug-likeness (QED) is 0.690. The van der Waals surface area contributed by atoms with Crippen molar-refractivity contribution in [1.82, 2.24) is 0 Å². The zero-order valence-electron chi connectivity index (χ0n) is 11.4. The summed E-state index contributed by atoms with van der Waals surface area (Å²) in [7, 11) is 1.41. The van der Waals surface area contributed by atoms with Crippen LogP contribution in [0.15, 0.2) is 0 Å². The Balaban J connectivity index is 2.39. The molecule has 0 aliphatic heterocycles. The summed E-state index contributed by atoms with van der Waals surface area (Å²) < 4.78 is 4.83. The lowest BCUT2D eigenvalue weighted by molar-refractivity contribution is -0.148. The van der Waals surface area contributed by atoms with E-state index in [0.29, 0.717) is 5.25 Å². The molecule has 18 heavy (non-hydrogen) atoms. The van der Waals surface area contributed by atoms with Gasteiger partial charge in [0.05, 0.1) is 7.11 Å². The first-order valence-corrected chi connectivity index (χ1v) is 7.69. The van der Waals surface area contributed by atoms with Crippen molar-refractivity contribution in [1.29, 1.82) is 0 Å². The van der Waals surface area contributed by atoms with Crippen molar-refractivity contribution >= 4 is 17.7 Å². The molecule has 1 aliphatic carbocycles. The van der Waals surface area contributed by atoms with Crippen LogP contribution >= 0.6 is 11.8 Å². The molecule has 0 radical (unpaired) electrons. The Morgan fingerprint density at radius 2 is 2.39 bits per heavy atom. The lowest BCUT2D eigenvalue weighted by Gasteiger charge is -2.28. The number of rotatable bonds is 7. The minimum Gasteiger partial charge on any atom is -0.468 e. The van der Waals surface area contributed by atoms with Crippen molar-refractivity contribution in [3.05, 3.63) is 0 Å². The van der Waals surface area contributed by atoms with Gasteiger partial charge in [0.1, 0.15) is 5.54 Å². The molecule has 0 heterocycles. The number of hydrogen-bond acceptors (Lipinski definition) is 5. The van der Waals surface area contributed by atoms with E-state index in [-0.39, 0.29) is 18.5 Å². The van der Waals surface area contributed by atoms with E-state index in [1.54, 1.807) is 0 Å². The highest BCUT2D eigenvalue weighted by atomic mass is 32.2. The largest absolute Gasteiger partial charge is 0.468 e. The van der Waals surface area contributed by atoms with Gasteiger partial charge in [-0.05, 0) is 37.4 Å². The van der Waals surface area contributed by atoms with Gasteiger partial charge in [-0.25, -0.2) is 0 Å². The number of carbonyl (C=O) groups is 1. The molecule has 0 spiro atoms. The van der Waals surface area contributed by atoms with Crippen LogP contribution in [0.3, 0.4) is 0 Å². The second kappa shape index (κ2) is 7.36. The van der Waals surface area contributed by atoms with Gasteiger partial charge in [-0.3, -0.25) is 4.79 Å². The molecule has 0 aromatic rings. The number of hydrogen-bond donors (Lipinski definition) is 2. The molecule has 0 saturated heterocycles. The molecule has 1 saturated carbocycles. The van der Waals surface area contributed by atoms with Gasteiger partial charge in [-0.1, -0.05) is 13.3 Å². The topological polar surface area (TPSA) is 72.5 Å². The van der Waals surface area contributed by atoms with Crippen LogP contribution in [0.2, 0.25) is 0 Å². The number of aliphatic hydroxyl groups excluding tert-OH is 1. The number of thioether (sulfide) groups is 1. The SMILES string of the molecule is COC(=O)C1(N)CCCC1CCSC(C)CCO. The average Bonchev–Trinajstić information content (AvgIpc) is 2.72. The molecular formula is C13H25NO3S. The molecule has 1 aliphatic rings. The molecule has 1 fully saturated rings. The summed E-state index contributed by atoms with van der Waals surface area (Å²) in [6.07, 6.45) is 4.53. The minimum absolute atomic E-state index is 0.235. The standard InChI is InChI=1S/C13H25NO3S/c1-10(5-8-15)18-9-6-11-4-3-7-13(11,14)12(16)17-2/h10-11,15H,3-9,14H2,1-2H3. The lowest BCUT2D eigenvalue weighted by atomic mass is 9.86. The summed E-state index contributed by atoms with van der Waals surface area (Å²) >= 11 is 1.84. The Hall–Kier alpha value is -0.260. The van der Waals surface area contributed by atoms with Crippen molar-refractivity contribution in [2.45, 2.75) is 49.8 Å². The Morgan fingerprint density at radius 1 is 1.67 bits per heavy atom. The van der Waals surface area contributed by atoms with E-state index in [9.17, 15) is 4.79 Å². The number of esters is 1. The molecule has 3 atom stereocenters. The number of ether oxygens (including phenoxy) is 1. The highest BCUT2D eigenvalue weighted by Gasteiger charge is 2.46. The fourth-order valence-corrected chi connectivity index (χ4v) is 3.73. The van der Waals surface area contributed by atoms with Gasteiger partial charge in [0, 0.05) is 11.9 Å². The summed E-state index contributed by atoms with van der Waals surface area (Å²) in [5, 5.41) is 9.30. The lowest BCUT2D eigenvalue weighted by Crippen LogP contribution is -2.51. The van der Waals surface area contributed by atoms with Crippen molar-refractivity contribution in [2.75, 3.05) is 19.5 Å². The van der Waals surface area contributed by atoms with Gasteiger partial charge >= 0.3 is 5.97 Å². The van der Waals surface area contributed by atoms with Gasteiger partial charge in [-0.2, -0.15) is 11.8 Å². The summed E-state index contributed by atoms with van der Waals surface area (Å²) in [5.74, 6) is 0.957. The second-order valence-corrected chi connectivity index (χ2v) is 6.65. The van der Waals surface area contributed by atoms with E-state index in [4.69, 9.17) is 15.6 Å². The van der Waals surface area contributed by atoms with E-state index in [0.717, 1.165) is 37.9 Å². The average molecular weight is 275 g/mol. The third-order valence-electron chi connectivity index (χ3n) is 3.84. The van der Waals surface area contributed by atoms with Gasteiger partial charge < -0.3 is 15.6 Å². The van der Waals surface area contributed by atoms with Crippen LogP contribution in [-0.4, -0.2) is 41.3 Å². The first kappa shape index (κ1) is 15.8. The van der Waals surface area contributed by atoms with Crippen LogP contribution in [0.5, 0.6) is 0 Å². The van der Waals surface area contributed by atoms with Gasteiger partial charge in [0.25, 0.3) is 0 Å². The molecule has 0 aromatic carbocycles. The monoisotopic (exact) mass is 275 g/mol. The van der Waals surface area contributed by atoms with Gasteiger partial charge in [-0.15, -0.1) is 0 Å². The van der Waals surface area contributed by atoms with E-state index >= 15 is 0 Å². The molecule has 3 N–H and O–H groups in total. The molecule has 0 aromatic heterocycles. The maximum atomic E-state index is 11.8. The molecule has 3 unspecified atom stereocenters. The van der Waals surface area contributed by atoms with E-state index in [1.165, 1.54) is 7.11 Å². The maximum absolute atomic E-state index is 11.8. The third kappa shape index (κ3) is 3.87. The smallest absolute Gasteiger partial charge is 0.326 e. The fourth-order valence-electron chi connectivity index (χ4n) is 2.64. The van der Waals surface area contributed by atoms with Crippen molar-refractivity contribution in [2.24, 2.45) is 11.7 Å². The predicted octanol–water partition coefficient (Wildman–Crippen LogP) is 1.55. The Kier molecular flexibility index (Phi) is 6.46. The highest BCUT2D eigenvalue weighted by Crippen LogP contribution is 2.37. The molecule has 5 heteroatoms. The summed E-state index contributed by atoms with van der Waals surface area (Å²) in [4.78, 5) is 11.8. The zero-order chi connectivity index (χ0) is 13.6. The maximum Gasteiger partial charge on any atom is 0.326 e. The molecule has 0 amide bonds. The normalized spacial score (nSPS) is 29.2. The van der Waals surface area contributed by atoms with Gasteiger partial charge in [0.2, 0.25) is 0 Å². The third-order valence-corrected chi connectivity index (χ3v) is 5.12. The van der Waals surface area contributed by atoms with Crippen LogP contribution in [0.4, 0.5) is 0 Å². The highest BCUT2D eigenvalue weighted by molar-refractivity contribution is 7.99. The van der Waals surface area contributed by atoms with Crippen molar-refractivity contribution in [3.8, 4) is 0 Å². The second-order valence-electron chi connectivity index (χ2n) is 5.10. The van der Waals surface area contributed by atoms with E-state index < -0.39 is 5.54 Å². The zero-order valence-corrected chi connectivity index (χ0v) is 12.2. The fraction of sp³-hybridized carbons (Fsp3) is 0.923. The number of aliphatic hydroxyl groups is 1. The molecule has 106 valence electrons. The molecule has 0 bridgehead atoms. The number of methoxy groups -OCH3 is 1. The van der Waals surface area contributed by atoms with Gasteiger partial charge in [0.15, 0.2) is 0 Å². The Bertz CT molecular complexity index is 275. The molecule has 4 nitrogen and oxygen atoms in total. The van der Waals surface area contributed by atoms with E-state index in [2.05, 4.69) is 6.92 Å². The van der Waals surface area contributed by atoms with Crippen LogP contribution in [0, 0.1) is 5.92 Å². The summed E-state index contributed by atoms with van der Waals surface area (Å²) in [6, 6.07) is 0. The van der Waals surface area contributed by atoms with Crippen LogP contribution < -0.4 is 5.73 Å². The number of carbonyl (C=O) groups excluding carboxylic acids is 1. The van der Waals surface area contributed by atoms with Crippen LogP contribution in [-0.2, 0) is 9.53 Å². The van der Waals surface area contributed by atoms with Crippen molar-refractivity contribution < 1.29 is 14.6 Å².